The van der Waals surface area contributed by atoms with Gasteiger partial charge < -0.3 is 5.73 Å². The largest absolute Gasteiger partial charge is 0.404 e. The first-order valence-electron chi connectivity index (χ1n) is 3.70. The zero-order valence-electron chi connectivity index (χ0n) is 7.04. The summed E-state index contributed by atoms with van der Waals surface area (Å²) < 4.78 is 37.4. The van der Waals surface area contributed by atoms with Gasteiger partial charge in [-0.1, -0.05) is 0 Å². The zero-order chi connectivity index (χ0) is 10.1. The first-order chi connectivity index (χ1) is 5.91. The molecule has 0 saturated carbocycles. The Labute approximate surface area is 73.3 Å². The molecule has 0 aliphatic carbocycles. The van der Waals surface area contributed by atoms with E-state index in [1.807, 2.05) is 0 Å². The van der Waals surface area contributed by atoms with Gasteiger partial charge in [0.1, 0.15) is 6.04 Å². The van der Waals surface area contributed by atoms with Crippen LogP contribution in [0.5, 0.6) is 0 Å². The second-order valence-corrected chi connectivity index (χ2v) is 2.80. The van der Waals surface area contributed by atoms with Crippen molar-refractivity contribution in [1.82, 2.24) is 9.78 Å². The summed E-state index contributed by atoms with van der Waals surface area (Å²) in [6.07, 6.45) is -3.14. The fourth-order valence-electron chi connectivity index (χ4n) is 0.943. The average Bonchev–Trinajstić information content (AvgIpc) is 2.34. The van der Waals surface area contributed by atoms with Crippen molar-refractivity contribution in [2.45, 2.75) is 18.6 Å². The number of alkyl halides is 3. The molecule has 0 bridgehead atoms. The second kappa shape index (κ2) is 3.37. The Hall–Kier alpha value is -1.04. The molecule has 1 unspecified atom stereocenters. The minimum Gasteiger partial charge on any atom is -0.320 e. The highest BCUT2D eigenvalue weighted by Crippen LogP contribution is 2.20. The van der Waals surface area contributed by atoms with E-state index in [1.165, 1.54) is 16.9 Å². The lowest BCUT2D eigenvalue weighted by molar-refractivity contribution is -0.147. The molecule has 0 radical (unpaired) electrons. The maximum atomic E-state index is 12.0. The molecular formula is C7H10F3N3. The molecule has 0 saturated heterocycles. The predicted octanol–water partition coefficient (Wildman–Crippen LogP) is 0.852. The first kappa shape index (κ1) is 10.0. The number of hydrogen-bond donors (Lipinski definition) is 1. The molecule has 0 aromatic carbocycles. The summed E-state index contributed by atoms with van der Waals surface area (Å²) in [4.78, 5) is 0. The van der Waals surface area contributed by atoms with Crippen LogP contribution in [0, 0.1) is 0 Å². The van der Waals surface area contributed by atoms with Gasteiger partial charge in [0.05, 0.1) is 0 Å². The summed E-state index contributed by atoms with van der Waals surface area (Å²) in [5, 5.41) is 3.75. The Morgan fingerprint density at radius 3 is 2.62 bits per heavy atom. The van der Waals surface area contributed by atoms with Gasteiger partial charge in [-0.15, -0.1) is 0 Å². The van der Waals surface area contributed by atoms with E-state index < -0.39 is 12.2 Å². The van der Waals surface area contributed by atoms with Gasteiger partial charge in [0.2, 0.25) is 0 Å². The first-order valence-corrected chi connectivity index (χ1v) is 3.70. The maximum Gasteiger partial charge on any atom is 0.404 e. The number of halogens is 3. The molecule has 1 rings (SSSR count). The highest BCUT2D eigenvalue weighted by atomic mass is 19.4. The Morgan fingerprint density at radius 1 is 1.62 bits per heavy atom. The lowest BCUT2D eigenvalue weighted by Crippen LogP contribution is -2.39. The van der Waals surface area contributed by atoms with Crippen molar-refractivity contribution >= 4 is 0 Å². The number of nitrogens with two attached hydrogens (primary N) is 1. The fourth-order valence-corrected chi connectivity index (χ4v) is 0.943. The SMILES string of the molecule is Cn1nccc1CC(N)C(F)(F)F. The highest BCUT2D eigenvalue weighted by molar-refractivity contribution is 5.03. The van der Waals surface area contributed by atoms with Crippen LogP contribution >= 0.6 is 0 Å². The lowest BCUT2D eigenvalue weighted by atomic mass is 10.1. The molecule has 1 aromatic heterocycles. The third-order valence-electron chi connectivity index (χ3n) is 1.77. The summed E-state index contributed by atoms with van der Waals surface area (Å²) in [6.45, 7) is 0. The van der Waals surface area contributed by atoms with Crippen LogP contribution in [0.2, 0.25) is 0 Å². The number of hydrogen-bond acceptors (Lipinski definition) is 2. The van der Waals surface area contributed by atoms with E-state index in [4.69, 9.17) is 5.73 Å². The van der Waals surface area contributed by atoms with Gasteiger partial charge in [-0.25, -0.2) is 0 Å². The van der Waals surface area contributed by atoms with Gasteiger partial charge in [-0.05, 0) is 6.07 Å². The Balaban J connectivity index is 2.65. The van der Waals surface area contributed by atoms with Gasteiger partial charge >= 0.3 is 6.18 Å². The van der Waals surface area contributed by atoms with Crippen molar-refractivity contribution in [3.63, 3.8) is 0 Å². The number of nitrogens with zero attached hydrogens (tertiary/aromatic N) is 2. The smallest absolute Gasteiger partial charge is 0.320 e. The van der Waals surface area contributed by atoms with Crippen LogP contribution in [0.15, 0.2) is 12.3 Å². The molecule has 2 N–H and O–H groups in total. The number of rotatable bonds is 2. The summed E-state index contributed by atoms with van der Waals surface area (Å²) in [5.41, 5.74) is 5.42. The standard InChI is InChI=1S/C7H10F3N3/c1-13-5(2-3-12-13)4-6(11)7(8,9)10/h2-3,6H,4,11H2,1H3. The van der Waals surface area contributed by atoms with E-state index >= 15 is 0 Å². The van der Waals surface area contributed by atoms with Crippen molar-refractivity contribution in [1.29, 1.82) is 0 Å². The van der Waals surface area contributed by atoms with Crippen molar-refractivity contribution in [2.75, 3.05) is 0 Å². The van der Waals surface area contributed by atoms with Crippen LogP contribution in [0.3, 0.4) is 0 Å². The van der Waals surface area contributed by atoms with E-state index in [-0.39, 0.29) is 6.42 Å². The highest BCUT2D eigenvalue weighted by Gasteiger charge is 2.36. The van der Waals surface area contributed by atoms with Gasteiger partial charge in [0.15, 0.2) is 0 Å². The van der Waals surface area contributed by atoms with Crippen LogP contribution < -0.4 is 5.73 Å². The van der Waals surface area contributed by atoms with Crippen molar-refractivity contribution in [3.8, 4) is 0 Å². The van der Waals surface area contributed by atoms with Crippen LogP contribution in [0.25, 0.3) is 0 Å². The molecule has 0 aliphatic rings. The van der Waals surface area contributed by atoms with E-state index in [1.54, 1.807) is 7.05 Å². The summed E-state index contributed by atoms with van der Waals surface area (Å²) in [5.74, 6) is 0. The molecule has 13 heavy (non-hydrogen) atoms. The molecule has 3 nitrogen and oxygen atoms in total. The maximum absolute atomic E-state index is 12.0. The van der Waals surface area contributed by atoms with Crippen LogP contribution in [-0.4, -0.2) is 22.0 Å². The molecule has 0 fully saturated rings. The summed E-state index contributed by atoms with van der Waals surface area (Å²) in [6, 6.07) is -0.297. The topological polar surface area (TPSA) is 43.8 Å². The predicted molar refractivity (Wildman–Crippen MR) is 40.9 cm³/mol. The molecule has 1 aromatic rings. The number of aromatic nitrogens is 2. The van der Waals surface area contributed by atoms with Crippen LogP contribution in [-0.2, 0) is 13.5 Å². The summed E-state index contributed by atoms with van der Waals surface area (Å²) >= 11 is 0. The van der Waals surface area contributed by atoms with Crippen LogP contribution in [0.4, 0.5) is 13.2 Å². The molecule has 0 aliphatic heterocycles. The zero-order valence-corrected chi connectivity index (χ0v) is 7.04. The van der Waals surface area contributed by atoms with Crippen LogP contribution in [0.1, 0.15) is 5.69 Å². The second-order valence-electron chi connectivity index (χ2n) is 2.80. The lowest BCUT2D eigenvalue weighted by Gasteiger charge is -2.14. The Bertz CT molecular complexity index is 279. The fraction of sp³-hybridized carbons (Fsp3) is 0.571. The molecule has 1 atom stereocenters. The van der Waals surface area contributed by atoms with Gasteiger partial charge in [0, 0.05) is 25.4 Å². The van der Waals surface area contributed by atoms with E-state index in [9.17, 15) is 13.2 Å². The van der Waals surface area contributed by atoms with Crippen molar-refractivity contribution in [3.05, 3.63) is 18.0 Å². The Kier molecular flexibility index (Phi) is 2.60. The number of aryl methyl sites for hydroxylation is 1. The van der Waals surface area contributed by atoms with E-state index in [0.717, 1.165) is 0 Å². The van der Waals surface area contributed by atoms with E-state index in [0.29, 0.717) is 5.69 Å². The Morgan fingerprint density at radius 2 is 2.23 bits per heavy atom. The molecule has 74 valence electrons. The minimum absolute atomic E-state index is 0.236. The van der Waals surface area contributed by atoms with Gasteiger partial charge in [-0.2, -0.15) is 18.3 Å². The van der Waals surface area contributed by atoms with Gasteiger partial charge in [-0.3, -0.25) is 4.68 Å². The molecule has 1 heterocycles. The molecular weight excluding hydrogens is 183 g/mol. The third kappa shape index (κ3) is 2.45. The third-order valence-corrected chi connectivity index (χ3v) is 1.77. The van der Waals surface area contributed by atoms with E-state index in [2.05, 4.69) is 5.10 Å². The molecule has 0 amide bonds. The van der Waals surface area contributed by atoms with Gasteiger partial charge in [0.25, 0.3) is 0 Å². The quantitative estimate of drug-likeness (QED) is 0.756. The van der Waals surface area contributed by atoms with Crippen molar-refractivity contribution < 1.29 is 13.2 Å². The minimum atomic E-state index is -4.34. The molecule has 6 heteroatoms. The average molecular weight is 193 g/mol. The summed E-state index contributed by atoms with van der Waals surface area (Å²) in [7, 11) is 1.58. The normalized spacial score (nSPS) is 14.5. The molecule has 0 spiro atoms. The monoisotopic (exact) mass is 193 g/mol. The van der Waals surface area contributed by atoms with Crippen molar-refractivity contribution in [2.24, 2.45) is 12.8 Å².